The Morgan fingerprint density at radius 3 is 2.91 bits per heavy atom. The summed E-state index contributed by atoms with van der Waals surface area (Å²) in [5.41, 5.74) is 6.64. The largest absolute Gasteiger partial charge is 0.354 e. The molecule has 4 nitrogen and oxygen atoms in total. The number of hydrogen-bond donors (Lipinski definition) is 2. The SMILES string of the molecule is Cl.NCCC(=O)NCC1CCCCN1Cc1ccc(Cl)cc1Br. The molecule has 1 aliphatic heterocycles. The number of likely N-dealkylation sites (tertiary alicyclic amines) is 1. The average molecular weight is 425 g/mol. The van der Waals surface area contributed by atoms with Crippen LogP contribution in [0.25, 0.3) is 0 Å². The number of benzene rings is 1. The lowest BCUT2D eigenvalue weighted by atomic mass is 10.0. The van der Waals surface area contributed by atoms with Crippen molar-refractivity contribution in [3.8, 4) is 0 Å². The maximum atomic E-state index is 11.6. The Balaban J connectivity index is 0.00000264. The number of rotatable bonds is 6. The lowest BCUT2D eigenvalue weighted by Crippen LogP contribution is -2.46. The first kappa shape index (κ1) is 20.7. The van der Waals surface area contributed by atoms with E-state index in [4.69, 9.17) is 17.3 Å². The van der Waals surface area contributed by atoms with Crippen LogP contribution >= 0.6 is 39.9 Å². The monoisotopic (exact) mass is 423 g/mol. The Kier molecular flexibility index (Phi) is 9.47. The molecule has 7 heteroatoms. The molecule has 1 aromatic carbocycles. The van der Waals surface area contributed by atoms with E-state index in [0.717, 1.165) is 29.0 Å². The molecular weight excluding hydrogens is 401 g/mol. The number of piperidine rings is 1. The molecule has 0 aliphatic carbocycles. The van der Waals surface area contributed by atoms with Crippen molar-refractivity contribution >= 4 is 45.8 Å². The smallest absolute Gasteiger partial charge is 0.221 e. The van der Waals surface area contributed by atoms with Gasteiger partial charge < -0.3 is 11.1 Å². The summed E-state index contributed by atoms with van der Waals surface area (Å²) in [7, 11) is 0. The van der Waals surface area contributed by atoms with Crippen LogP contribution in [-0.2, 0) is 11.3 Å². The third kappa shape index (κ3) is 6.59. The lowest BCUT2D eigenvalue weighted by Gasteiger charge is -2.36. The molecule has 1 unspecified atom stereocenters. The molecule has 0 spiro atoms. The minimum atomic E-state index is 0. The second-order valence-corrected chi connectivity index (χ2v) is 6.99. The van der Waals surface area contributed by atoms with Crippen LogP contribution in [0.3, 0.4) is 0 Å². The van der Waals surface area contributed by atoms with E-state index in [1.165, 1.54) is 18.4 Å². The summed E-state index contributed by atoms with van der Waals surface area (Å²) in [6.07, 6.45) is 3.94. The number of hydrogen-bond acceptors (Lipinski definition) is 3. The molecule has 0 bridgehead atoms. The number of amides is 1. The Morgan fingerprint density at radius 1 is 1.43 bits per heavy atom. The first-order chi connectivity index (χ1) is 10.6. The van der Waals surface area contributed by atoms with Crippen molar-refractivity contribution in [1.82, 2.24) is 10.2 Å². The highest BCUT2D eigenvalue weighted by Crippen LogP contribution is 2.25. The molecule has 1 fully saturated rings. The number of carbonyl (C=O) groups is 1. The predicted molar refractivity (Wildman–Crippen MR) is 101 cm³/mol. The number of nitrogens with two attached hydrogens (primary N) is 1. The second kappa shape index (κ2) is 10.5. The van der Waals surface area contributed by atoms with Crippen LogP contribution in [0.15, 0.2) is 22.7 Å². The zero-order valence-electron chi connectivity index (χ0n) is 13.1. The van der Waals surface area contributed by atoms with Gasteiger partial charge >= 0.3 is 0 Å². The summed E-state index contributed by atoms with van der Waals surface area (Å²) in [5.74, 6) is 0.0423. The van der Waals surface area contributed by atoms with Gasteiger partial charge in [0.2, 0.25) is 5.91 Å². The molecule has 0 saturated carbocycles. The maximum Gasteiger partial charge on any atom is 0.221 e. The quantitative estimate of drug-likeness (QED) is 0.736. The van der Waals surface area contributed by atoms with Crippen molar-refractivity contribution in [2.45, 2.75) is 38.3 Å². The normalized spacial score (nSPS) is 18.3. The highest BCUT2D eigenvalue weighted by atomic mass is 79.9. The second-order valence-electron chi connectivity index (χ2n) is 5.70. The van der Waals surface area contributed by atoms with Crippen LogP contribution in [-0.4, -0.2) is 36.5 Å². The van der Waals surface area contributed by atoms with Gasteiger partial charge in [0, 0.05) is 41.6 Å². The fraction of sp³-hybridized carbons (Fsp3) is 0.562. The van der Waals surface area contributed by atoms with Crippen molar-refractivity contribution < 1.29 is 4.79 Å². The molecule has 3 N–H and O–H groups in total. The minimum Gasteiger partial charge on any atom is -0.354 e. The molecular formula is C16H24BrCl2N3O. The van der Waals surface area contributed by atoms with Crippen molar-refractivity contribution in [3.05, 3.63) is 33.3 Å². The van der Waals surface area contributed by atoms with Crippen LogP contribution in [0.4, 0.5) is 0 Å². The van der Waals surface area contributed by atoms with Gasteiger partial charge in [0.15, 0.2) is 0 Å². The fourth-order valence-electron chi connectivity index (χ4n) is 2.82. The van der Waals surface area contributed by atoms with Gasteiger partial charge in [-0.3, -0.25) is 9.69 Å². The summed E-state index contributed by atoms with van der Waals surface area (Å²) >= 11 is 9.58. The number of halogens is 3. The van der Waals surface area contributed by atoms with Crippen LogP contribution < -0.4 is 11.1 Å². The molecule has 1 heterocycles. The van der Waals surface area contributed by atoms with Crippen LogP contribution in [0, 0.1) is 0 Å². The number of nitrogens with zero attached hydrogens (tertiary/aromatic N) is 1. The third-order valence-corrected chi connectivity index (χ3v) is 5.02. The minimum absolute atomic E-state index is 0. The van der Waals surface area contributed by atoms with Crippen molar-refractivity contribution in [2.75, 3.05) is 19.6 Å². The van der Waals surface area contributed by atoms with E-state index in [2.05, 4.69) is 32.2 Å². The highest BCUT2D eigenvalue weighted by molar-refractivity contribution is 9.10. The van der Waals surface area contributed by atoms with E-state index in [0.29, 0.717) is 25.6 Å². The van der Waals surface area contributed by atoms with Gasteiger partial charge in [0.25, 0.3) is 0 Å². The van der Waals surface area contributed by atoms with Gasteiger partial charge in [-0.05, 0) is 37.1 Å². The molecule has 1 aromatic rings. The number of carbonyl (C=O) groups excluding carboxylic acids is 1. The third-order valence-electron chi connectivity index (χ3n) is 4.04. The maximum absolute atomic E-state index is 11.6. The van der Waals surface area contributed by atoms with Crippen molar-refractivity contribution in [3.63, 3.8) is 0 Å². The topological polar surface area (TPSA) is 58.4 Å². The Morgan fingerprint density at radius 2 is 2.22 bits per heavy atom. The Bertz CT molecular complexity index is 516. The van der Waals surface area contributed by atoms with E-state index in [9.17, 15) is 4.79 Å². The summed E-state index contributed by atoms with van der Waals surface area (Å²) in [4.78, 5) is 14.1. The molecule has 2 rings (SSSR count). The van der Waals surface area contributed by atoms with Crippen molar-refractivity contribution in [1.29, 1.82) is 0 Å². The molecule has 1 amide bonds. The first-order valence-electron chi connectivity index (χ1n) is 7.75. The zero-order chi connectivity index (χ0) is 15.9. The molecule has 130 valence electrons. The van der Waals surface area contributed by atoms with Gasteiger partial charge in [-0.1, -0.05) is 40.0 Å². The van der Waals surface area contributed by atoms with Crippen LogP contribution in [0.2, 0.25) is 5.02 Å². The van der Waals surface area contributed by atoms with Crippen molar-refractivity contribution in [2.24, 2.45) is 5.73 Å². The standard InChI is InChI=1S/C16H23BrClN3O.ClH/c17-15-9-13(18)5-4-12(15)11-21-8-2-1-3-14(21)10-20-16(22)6-7-19;/h4-5,9,14H,1-3,6-8,10-11,19H2,(H,20,22);1H. The molecule has 23 heavy (non-hydrogen) atoms. The van der Waals surface area contributed by atoms with Gasteiger partial charge in [0.1, 0.15) is 0 Å². The molecule has 1 aliphatic rings. The van der Waals surface area contributed by atoms with Gasteiger partial charge in [-0.2, -0.15) is 0 Å². The fourth-order valence-corrected chi connectivity index (χ4v) is 3.63. The molecule has 1 atom stereocenters. The summed E-state index contributed by atoms with van der Waals surface area (Å²) in [6.45, 7) is 3.03. The van der Waals surface area contributed by atoms with Gasteiger partial charge in [-0.15, -0.1) is 12.4 Å². The van der Waals surface area contributed by atoms with E-state index >= 15 is 0 Å². The lowest BCUT2D eigenvalue weighted by molar-refractivity contribution is -0.121. The Hall–Kier alpha value is -0.330. The molecule has 0 aromatic heterocycles. The predicted octanol–water partition coefficient (Wildman–Crippen LogP) is 3.34. The van der Waals surface area contributed by atoms with E-state index < -0.39 is 0 Å². The Labute approximate surface area is 157 Å². The average Bonchev–Trinajstić information content (AvgIpc) is 2.49. The van der Waals surface area contributed by atoms with Gasteiger partial charge in [0.05, 0.1) is 0 Å². The molecule has 0 radical (unpaired) electrons. The summed E-state index contributed by atoms with van der Waals surface area (Å²) in [5, 5.41) is 3.74. The van der Waals surface area contributed by atoms with E-state index in [-0.39, 0.29) is 18.3 Å². The zero-order valence-corrected chi connectivity index (χ0v) is 16.2. The van der Waals surface area contributed by atoms with Crippen LogP contribution in [0.5, 0.6) is 0 Å². The highest BCUT2D eigenvalue weighted by Gasteiger charge is 2.23. The van der Waals surface area contributed by atoms with E-state index in [1.54, 1.807) is 0 Å². The molecule has 1 saturated heterocycles. The van der Waals surface area contributed by atoms with E-state index in [1.807, 2.05) is 12.1 Å². The summed E-state index contributed by atoms with van der Waals surface area (Å²) < 4.78 is 1.04. The first-order valence-corrected chi connectivity index (χ1v) is 8.92. The summed E-state index contributed by atoms with van der Waals surface area (Å²) in [6, 6.07) is 6.30. The number of nitrogens with one attached hydrogen (secondary N) is 1. The van der Waals surface area contributed by atoms with Gasteiger partial charge in [-0.25, -0.2) is 0 Å². The van der Waals surface area contributed by atoms with Crippen LogP contribution in [0.1, 0.15) is 31.2 Å².